The molecule has 3 aromatic rings. The Morgan fingerprint density at radius 1 is 1.21 bits per heavy atom. The van der Waals surface area contributed by atoms with Gasteiger partial charge in [-0.15, -0.1) is 0 Å². The molecule has 1 unspecified atom stereocenters. The van der Waals surface area contributed by atoms with Crippen LogP contribution in [0.2, 0.25) is 0 Å². The molecule has 2 aromatic carbocycles. The Morgan fingerprint density at radius 3 is 2.86 bits per heavy atom. The largest absolute Gasteiger partial charge is 0.395 e. The Kier molecular flexibility index (Phi) is 5.21. The van der Waals surface area contributed by atoms with Gasteiger partial charge in [0.15, 0.2) is 0 Å². The molecule has 1 atom stereocenters. The van der Waals surface area contributed by atoms with Gasteiger partial charge in [0.2, 0.25) is 0 Å². The summed E-state index contributed by atoms with van der Waals surface area (Å²) in [6.07, 6.45) is 3.65. The van der Waals surface area contributed by atoms with Crippen molar-refractivity contribution < 1.29 is 9.90 Å². The van der Waals surface area contributed by atoms with Crippen LogP contribution < -0.4 is 5.32 Å². The number of aliphatic hydroxyl groups is 1. The maximum absolute atomic E-state index is 12.9. The Bertz CT molecular complexity index is 1000. The van der Waals surface area contributed by atoms with Crippen LogP contribution in [0, 0.1) is 0 Å². The summed E-state index contributed by atoms with van der Waals surface area (Å²) in [5.41, 5.74) is 3.53. The number of benzene rings is 2. The zero-order chi connectivity index (χ0) is 19.5. The summed E-state index contributed by atoms with van der Waals surface area (Å²) in [4.78, 5) is 23.5. The molecule has 1 aromatic heterocycles. The molecule has 0 saturated carbocycles. The molecule has 0 spiro atoms. The van der Waals surface area contributed by atoms with Crippen LogP contribution >= 0.6 is 0 Å². The van der Waals surface area contributed by atoms with Crippen molar-refractivity contribution in [1.82, 2.24) is 14.9 Å². The summed E-state index contributed by atoms with van der Waals surface area (Å²) in [5.74, 6) is 0.792. The summed E-state index contributed by atoms with van der Waals surface area (Å²) in [7, 11) is 0. The molecule has 2 N–H and O–H groups in total. The first-order chi connectivity index (χ1) is 13.7. The highest BCUT2D eigenvalue weighted by Gasteiger charge is 2.26. The zero-order valence-electron chi connectivity index (χ0n) is 15.9. The molecule has 1 fully saturated rings. The van der Waals surface area contributed by atoms with Crippen molar-refractivity contribution in [2.75, 3.05) is 25.0 Å². The number of hydrogen-bond donors (Lipinski definition) is 2. The predicted molar refractivity (Wildman–Crippen MR) is 110 cm³/mol. The lowest BCUT2D eigenvalue weighted by Gasteiger charge is -2.21. The number of anilines is 1. The second-order valence-electron chi connectivity index (χ2n) is 7.18. The Balaban J connectivity index is 1.69. The van der Waals surface area contributed by atoms with E-state index in [1.807, 2.05) is 47.4 Å². The Labute approximate surface area is 164 Å². The maximum atomic E-state index is 12.9. The normalized spacial score (nSPS) is 16.5. The highest BCUT2D eigenvalue weighted by molar-refractivity contribution is 5.97. The quantitative estimate of drug-likeness (QED) is 0.714. The van der Waals surface area contributed by atoms with E-state index in [1.165, 1.54) is 6.33 Å². The molecule has 28 heavy (non-hydrogen) atoms. The number of hydrogen-bond acceptors (Lipinski definition) is 5. The Hall–Kier alpha value is -2.99. The number of aliphatic hydroxyl groups excluding tert-OH is 1. The van der Waals surface area contributed by atoms with Crippen molar-refractivity contribution in [3.8, 4) is 11.1 Å². The number of likely N-dealkylation sites (tertiary alicyclic amines) is 1. The Morgan fingerprint density at radius 2 is 2.07 bits per heavy atom. The number of aromatic nitrogens is 2. The molecule has 1 saturated heterocycles. The molecule has 6 heteroatoms. The van der Waals surface area contributed by atoms with E-state index in [9.17, 15) is 4.79 Å². The van der Waals surface area contributed by atoms with E-state index in [0.29, 0.717) is 24.0 Å². The van der Waals surface area contributed by atoms with Gasteiger partial charge in [-0.05, 0) is 55.2 Å². The molecule has 2 heterocycles. The van der Waals surface area contributed by atoms with Gasteiger partial charge in [0.1, 0.15) is 12.1 Å². The minimum Gasteiger partial charge on any atom is -0.395 e. The van der Waals surface area contributed by atoms with Crippen LogP contribution in [0.15, 0.2) is 48.8 Å². The first-order valence-corrected chi connectivity index (χ1v) is 9.68. The standard InChI is InChI=1S/C22H24N4O2/c1-15-4-3-10-26(15)22(28)18-6-2-5-16(12-18)17-7-8-20-19(13-17)21(23-9-11-27)25-14-24-20/h2,5-8,12-15,27H,3-4,9-11H2,1H3,(H,23,24,25). The molecular formula is C22H24N4O2. The monoisotopic (exact) mass is 376 g/mol. The number of nitrogens with one attached hydrogen (secondary N) is 1. The number of carbonyl (C=O) groups is 1. The van der Waals surface area contributed by atoms with Crippen molar-refractivity contribution in [1.29, 1.82) is 0 Å². The highest BCUT2D eigenvalue weighted by Crippen LogP contribution is 2.28. The van der Waals surface area contributed by atoms with Crippen molar-refractivity contribution in [3.63, 3.8) is 0 Å². The molecule has 1 aliphatic heterocycles. The lowest BCUT2D eigenvalue weighted by molar-refractivity contribution is 0.0747. The van der Waals surface area contributed by atoms with Crippen LogP contribution in [0.25, 0.3) is 22.0 Å². The van der Waals surface area contributed by atoms with Gasteiger partial charge < -0.3 is 15.3 Å². The van der Waals surface area contributed by atoms with E-state index in [-0.39, 0.29) is 12.5 Å². The molecule has 1 aliphatic rings. The van der Waals surface area contributed by atoms with Gasteiger partial charge >= 0.3 is 0 Å². The number of rotatable bonds is 5. The second kappa shape index (κ2) is 7.94. The minimum absolute atomic E-state index is 0.0320. The van der Waals surface area contributed by atoms with Crippen LogP contribution in [-0.4, -0.2) is 51.6 Å². The zero-order valence-corrected chi connectivity index (χ0v) is 15.9. The minimum atomic E-state index is 0.0320. The van der Waals surface area contributed by atoms with Crippen molar-refractivity contribution in [2.45, 2.75) is 25.8 Å². The van der Waals surface area contributed by atoms with E-state index >= 15 is 0 Å². The van der Waals surface area contributed by atoms with E-state index in [2.05, 4.69) is 22.2 Å². The van der Waals surface area contributed by atoms with Gasteiger partial charge in [-0.2, -0.15) is 0 Å². The van der Waals surface area contributed by atoms with Gasteiger partial charge in [0, 0.05) is 30.1 Å². The topological polar surface area (TPSA) is 78.4 Å². The van der Waals surface area contributed by atoms with Crippen LogP contribution in [0.5, 0.6) is 0 Å². The maximum Gasteiger partial charge on any atom is 0.254 e. The average molecular weight is 376 g/mol. The summed E-state index contributed by atoms with van der Waals surface area (Å²) < 4.78 is 0. The number of amides is 1. The van der Waals surface area contributed by atoms with Gasteiger partial charge in [0.25, 0.3) is 5.91 Å². The van der Waals surface area contributed by atoms with Crippen LogP contribution in [0.4, 0.5) is 5.82 Å². The lowest BCUT2D eigenvalue weighted by atomic mass is 10.0. The molecule has 0 radical (unpaired) electrons. The first-order valence-electron chi connectivity index (χ1n) is 9.68. The van der Waals surface area contributed by atoms with E-state index in [0.717, 1.165) is 41.4 Å². The lowest BCUT2D eigenvalue weighted by Crippen LogP contribution is -2.33. The molecule has 6 nitrogen and oxygen atoms in total. The first kappa shape index (κ1) is 18.4. The smallest absolute Gasteiger partial charge is 0.254 e. The third-order valence-corrected chi connectivity index (χ3v) is 5.30. The summed E-state index contributed by atoms with van der Waals surface area (Å²) in [5, 5.41) is 13.1. The fourth-order valence-electron chi connectivity index (χ4n) is 3.78. The van der Waals surface area contributed by atoms with Gasteiger partial charge in [-0.3, -0.25) is 4.79 Å². The number of nitrogens with zero attached hydrogens (tertiary/aromatic N) is 3. The number of fused-ring (bicyclic) bond motifs is 1. The van der Waals surface area contributed by atoms with Crippen molar-refractivity contribution in [2.24, 2.45) is 0 Å². The average Bonchev–Trinajstić information content (AvgIpc) is 3.17. The van der Waals surface area contributed by atoms with E-state index < -0.39 is 0 Å². The molecule has 0 bridgehead atoms. The molecule has 0 aliphatic carbocycles. The van der Waals surface area contributed by atoms with Crippen molar-refractivity contribution in [3.05, 3.63) is 54.4 Å². The van der Waals surface area contributed by atoms with E-state index in [1.54, 1.807) is 0 Å². The van der Waals surface area contributed by atoms with Crippen molar-refractivity contribution >= 4 is 22.6 Å². The van der Waals surface area contributed by atoms with Gasteiger partial charge in [-0.25, -0.2) is 9.97 Å². The van der Waals surface area contributed by atoms with Crippen LogP contribution in [0.3, 0.4) is 0 Å². The fraction of sp³-hybridized carbons (Fsp3) is 0.318. The highest BCUT2D eigenvalue weighted by atomic mass is 16.3. The third-order valence-electron chi connectivity index (χ3n) is 5.30. The predicted octanol–water partition coefficient (Wildman–Crippen LogP) is 3.33. The molecule has 4 rings (SSSR count). The second-order valence-corrected chi connectivity index (χ2v) is 7.18. The number of carbonyl (C=O) groups excluding carboxylic acids is 1. The SMILES string of the molecule is CC1CCCN1C(=O)c1cccc(-c2ccc3ncnc(NCCO)c3c2)c1. The van der Waals surface area contributed by atoms with E-state index in [4.69, 9.17) is 5.11 Å². The third kappa shape index (κ3) is 3.55. The van der Waals surface area contributed by atoms with Gasteiger partial charge in [-0.1, -0.05) is 18.2 Å². The molecule has 144 valence electrons. The summed E-state index contributed by atoms with van der Waals surface area (Å²) in [6.45, 7) is 3.40. The summed E-state index contributed by atoms with van der Waals surface area (Å²) in [6, 6.07) is 14.1. The van der Waals surface area contributed by atoms with Crippen LogP contribution in [0.1, 0.15) is 30.1 Å². The summed E-state index contributed by atoms with van der Waals surface area (Å²) >= 11 is 0. The van der Waals surface area contributed by atoms with Gasteiger partial charge in [0.05, 0.1) is 12.1 Å². The van der Waals surface area contributed by atoms with Crippen LogP contribution in [-0.2, 0) is 0 Å². The molecule has 1 amide bonds. The fourth-order valence-corrected chi connectivity index (χ4v) is 3.78. The molecular weight excluding hydrogens is 352 g/mol.